The molecule has 2 amide bonds. The highest BCUT2D eigenvalue weighted by molar-refractivity contribution is 5.82. The summed E-state index contributed by atoms with van der Waals surface area (Å²) in [7, 11) is 1.50. The molecule has 1 aliphatic rings. The van der Waals surface area contributed by atoms with Gasteiger partial charge in [0, 0.05) is 32.5 Å². The summed E-state index contributed by atoms with van der Waals surface area (Å²) >= 11 is 0. The molecule has 188 valence electrons. The Hall–Kier alpha value is -3.39. The van der Waals surface area contributed by atoms with Crippen molar-refractivity contribution >= 4 is 18.0 Å². The van der Waals surface area contributed by atoms with Crippen LogP contribution in [0.15, 0.2) is 48.5 Å². The largest absolute Gasteiger partial charge is 0.480 e. The number of fused-ring (bicyclic) bond motifs is 3. The summed E-state index contributed by atoms with van der Waals surface area (Å²) in [6.45, 7) is 4.48. The summed E-state index contributed by atoms with van der Waals surface area (Å²) in [6, 6.07) is 16.3. The van der Waals surface area contributed by atoms with E-state index in [1.165, 1.54) is 12.0 Å². The number of methoxy groups -OCH3 is 1. The third-order valence-electron chi connectivity index (χ3n) is 6.48. The van der Waals surface area contributed by atoms with E-state index in [9.17, 15) is 14.4 Å². The van der Waals surface area contributed by atoms with Crippen molar-refractivity contribution < 1.29 is 29.0 Å². The summed E-state index contributed by atoms with van der Waals surface area (Å²) in [4.78, 5) is 37.7. The van der Waals surface area contributed by atoms with E-state index < -0.39 is 12.1 Å². The molecular formula is C27H34N2O6. The van der Waals surface area contributed by atoms with Gasteiger partial charge in [-0.1, -0.05) is 62.4 Å². The maximum Gasteiger partial charge on any atom is 0.407 e. The molecule has 1 unspecified atom stereocenters. The van der Waals surface area contributed by atoms with E-state index in [0.29, 0.717) is 0 Å². The summed E-state index contributed by atoms with van der Waals surface area (Å²) < 4.78 is 10.6. The lowest BCUT2D eigenvalue weighted by Crippen LogP contribution is -2.41. The molecule has 2 aromatic rings. The first kappa shape index (κ1) is 26.2. The third kappa shape index (κ3) is 6.82. The number of aliphatic carboxylic acids is 1. The number of carboxylic acids is 1. The molecule has 2 N–H and O–H groups in total. The first-order chi connectivity index (χ1) is 16.8. The number of carbonyl (C=O) groups excluding carboxylic acids is 2. The SMILES string of the molecule is COCCN(CC(=O)O)C(=O)CC(CNC(=O)OCC1c2ccccc2-c2ccccc21)C(C)C. The number of ether oxygens (including phenoxy) is 2. The lowest BCUT2D eigenvalue weighted by atomic mass is 9.92. The summed E-state index contributed by atoms with van der Waals surface area (Å²) in [6.07, 6.45) is -0.412. The van der Waals surface area contributed by atoms with Crippen molar-refractivity contribution in [2.24, 2.45) is 11.8 Å². The van der Waals surface area contributed by atoms with E-state index in [1.54, 1.807) is 0 Å². The number of hydrogen-bond donors (Lipinski definition) is 2. The maximum atomic E-state index is 12.7. The van der Waals surface area contributed by atoms with E-state index in [2.05, 4.69) is 29.6 Å². The molecule has 0 radical (unpaired) electrons. The van der Waals surface area contributed by atoms with Gasteiger partial charge in [0.2, 0.25) is 5.91 Å². The Balaban J connectivity index is 1.56. The fourth-order valence-corrected chi connectivity index (χ4v) is 4.42. The van der Waals surface area contributed by atoms with Gasteiger partial charge in [0.25, 0.3) is 0 Å². The number of amides is 2. The van der Waals surface area contributed by atoms with Crippen molar-refractivity contribution in [2.75, 3.05) is 40.0 Å². The number of nitrogens with one attached hydrogen (secondary N) is 1. The van der Waals surface area contributed by atoms with Gasteiger partial charge in [-0.2, -0.15) is 0 Å². The molecule has 1 aliphatic carbocycles. The number of hydrogen-bond acceptors (Lipinski definition) is 5. The number of carbonyl (C=O) groups is 3. The van der Waals surface area contributed by atoms with Gasteiger partial charge in [0.1, 0.15) is 13.2 Å². The van der Waals surface area contributed by atoms with Crippen LogP contribution < -0.4 is 5.32 Å². The van der Waals surface area contributed by atoms with Crippen LogP contribution in [0, 0.1) is 11.8 Å². The van der Waals surface area contributed by atoms with Crippen molar-refractivity contribution in [3.05, 3.63) is 59.7 Å². The van der Waals surface area contributed by atoms with Crippen molar-refractivity contribution in [3.8, 4) is 11.1 Å². The van der Waals surface area contributed by atoms with Gasteiger partial charge < -0.3 is 24.8 Å². The zero-order valence-corrected chi connectivity index (χ0v) is 20.5. The quantitative estimate of drug-likeness (QED) is 0.477. The second-order valence-electron chi connectivity index (χ2n) is 9.12. The minimum atomic E-state index is -1.08. The molecule has 0 spiro atoms. The molecule has 0 saturated heterocycles. The molecule has 0 heterocycles. The van der Waals surface area contributed by atoms with Crippen molar-refractivity contribution in [1.82, 2.24) is 10.2 Å². The van der Waals surface area contributed by atoms with E-state index >= 15 is 0 Å². The van der Waals surface area contributed by atoms with Gasteiger partial charge in [-0.3, -0.25) is 9.59 Å². The second-order valence-corrected chi connectivity index (χ2v) is 9.12. The van der Waals surface area contributed by atoms with Crippen LogP contribution in [0.1, 0.15) is 37.3 Å². The number of nitrogens with zero attached hydrogens (tertiary/aromatic N) is 1. The lowest BCUT2D eigenvalue weighted by Gasteiger charge is -2.26. The Kier molecular flexibility index (Phi) is 9.25. The molecule has 1 atom stereocenters. The van der Waals surface area contributed by atoms with Crippen LogP contribution in [0.4, 0.5) is 4.79 Å². The summed E-state index contributed by atoms with van der Waals surface area (Å²) in [5.41, 5.74) is 4.60. The molecule has 0 aliphatic heterocycles. The van der Waals surface area contributed by atoms with Gasteiger partial charge in [0.15, 0.2) is 0 Å². The zero-order valence-electron chi connectivity index (χ0n) is 20.5. The van der Waals surface area contributed by atoms with Crippen molar-refractivity contribution in [1.29, 1.82) is 0 Å². The first-order valence-corrected chi connectivity index (χ1v) is 11.9. The van der Waals surface area contributed by atoms with Crippen LogP contribution >= 0.6 is 0 Å². The summed E-state index contributed by atoms with van der Waals surface area (Å²) in [5, 5.41) is 11.9. The van der Waals surface area contributed by atoms with Crippen molar-refractivity contribution in [3.63, 3.8) is 0 Å². The van der Waals surface area contributed by atoms with E-state index in [-0.39, 0.29) is 62.9 Å². The normalized spacial score (nSPS) is 13.1. The maximum absolute atomic E-state index is 12.7. The number of benzene rings is 2. The molecule has 2 aromatic carbocycles. The van der Waals surface area contributed by atoms with Crippen LogP contribution in [0.3, 0.4) is 0 Å². The van der Waals surface area contributed by atoms with Gasteiger partial charge in [-0.25, -0.2) is 4.79 Å². The molecule has 0 fully saturated rings. The topological polar surface area (TPSA) is 105 Å². The molecule has 0 aromatic heterocycles. The van der Waals surface area contributed by atoms with Crippen molar-refractivity contribution in [2.45, 2.75) is 26.2 Å². The average molecular weight is 483 g/mol. The minimum absolute atomic E-state index is 0.0269. The fourth-order valence-electron chi connectivity index (χ4n) is 4.42. The number of rotatable bonds is 12. The second kappa shape index (κ2) is 12.4. The molecule has 3 rings (SSSR count). The standard InChI is InChI=1S/C27H34N2O6/c1-18(2)19(14-25(30)29(12-13-34-3)16-26(31)32)15-28-27(33)35-17-24-22-10-6-4-8-20(22)21-9-5-7-11-23(21)24/h4-11,18-19,24H,12-17H2,1-3H3,(H,28,33)(H,31,32). The Morgan fingerprint density at radius 2 is 1.63 bits per heavy atom. The predicted molar refractivity (Wildman–Crippen MR) is 132 cm³/mol. The number of carboxylic acid groups (broad SMARTS) is 1. The predicted octanol–water partition coefficient (Wildman–Crippen LogP) is 3.75. The monoisotopic (exact) mass is 482 g/mol. The minimum Gasteiger partial charge on any atom is -0.480 e. The Bertz CT molecular complexity index is 992. The molecule has 8 heteroatoms. The van der Waals surface area contributed by atoms with Crippen LogP contribution in [0.5, 0.6) is 0 Å². The van der Waals surface area contributed by atoms with Gasteiger partial charge in [-0.15, -0.1) is 0 Å². The van der Waals surface area contributed by atoms with E-state index in [1.807, 2.05) is 38.1 Å². The highest BCUT2D eigenvalue weighted by Crippen LogP contribution is 2.44. The molecule has 8 nitrogen and oxygen atoms in total. The number of alkyl carbamates (subject to hydrolysis) is 1. The average Bonchev–Trinajstić information content (AvgIpc) is 3.16. The molecule has 35 heavy (non-hydrogen) atoms. The third-order valence-corrected chi connectivity index (χ3v) is 6.48. The Labute approximate surface area is 206 Å². The highest BCUT2D eigenvalue weighted by atomic mass is 16.5. The Morgan fingerprint density at radius 3 is 2.17 bits per heavy atom. The van der Waals surface area contributed by atoms with Gasteiger partial charge >= 0.3 is 12.1 Å². The van der Waals surface area contributed by atoms with Gasteiger partial charge in [-0.05, 0) is 34.1 Å². The lowest BCUT2D eigenvalue weighted by molar-refractivity contribution is -0.145. The first-order valence-electron chi connectivity index (χ1n) is 11.9. The summed E-state index contributed by atoms with van der Waals surface area (Å²) in [5.74, 6) is -1.45. The van der Waals surface area contributed by atoms with Crippen LogP contribution in [-0.4, -0.2) is 67.9 Å². The van der Waals surface area contributed by atoms with E-state index in [4.69, 9.17) is 14.6 Å². The zero-order chi connectivity index (χ0) is 25.4. The smallest absolute Gasteiger partial charge is 0.407 e. The van der Waals surface area contributed by atoms with Crippen LogP contribution in [0.25, 0.3) is 11.1 Å². The fraction of sp³-hybridized carbons (Fsp3) is 0.444. The van der Waals surface area contributed by atoms with Crippen LogP contribution in [0.2, 0.25) is 0 Å². The van der Waals surface area contributed by atoms with E-state index in [0.717, 1.165) is 22.3 Å². The molecular weight excluding hydrogens is 448 g/mol. The Morgan fingerprint density at radius 1 is 1.03 bits per heavy atom. The molecule has 0 saturated carbocycles. The van der Waals surface area contributed by atoms with Gasteiger partial charge in [0.05, 0.1) is 6.61 Å². The highest BCUT2D eigenvalue weighted by Gasteiger charge is 2.29. The molecule has 0 bridgehead atoms. The van der Waals surface area contributed by atoms with Crippen LogP contribution in [-0.2, 0) is 19.1 Å².